The molecule has 110 valence electrons. The van der Waals surface area contributed by atoms with Crippen LogP contribution < -0.4 is 10.5 Å². The summed E-state index contributed by atoms with van der Waals surface area (Å²) in [6.07, 6.45) is 4.67. The predicted molar refractivity (Wildman–Crippen MR) is 82.1 cm³/mol. The van der Waals surface area contributed by atoms with Gasteiger partial charge in [-0.05, 0) is 50.4 Å². The molecule has 0 amide bonds. The number of nitrogens with two attached hydrogens (primary N) is 1. The normalized spacial score (nSPS) is 27.2. The molecular weight excluding hydrogens is 248 g/mol. The first kappa shape index (κ1) is 13.9. The highest BCUT2D eigenvalue weighted by atomic mass is 16.5. The van der Waals surface area contributed by atoms with Gasteiger partial charge in [0, 0.05) is 18.5 Å². The molecular formula is C17H26N2O. The largest absolute Gasteiger partial charge is 0.493 e. The van der Waals surface area contributed by atoms with Crippen molar-refractivity contribution in [3.8, 4) is 5.75 Å². The summed E-state index contributed by atoms with van der Waals surface area (Å²) in [6.45, 7) is 6.54. The lowest BCUT2D eigenvalue weighted by molar-refractivity contribution is 0.144. The maximum atomic E-state index is 6.51. The highest BCUT2D eigenvalue weighted by Crippen LogP contribution is 2.34. The Kier molecular flexibility index (Phi) is 3.99. The van der Waals surface area contributed by atoms with Gasteiger partial charge in [0.15, 0.2) is 0 Å². The lowest BCUT2D eigenvalue weighted by Gasteiger charge is -2.37. The van der Waals surface area contributed by atoms with E-state index in [9.17, 15) is 0 Å². The minimum absolute atomic E-state index is 0.236. The molecule has 2 aliphatic heterocycles. The van der Waals surface area contributed by atoms with Gasteiger partial charge in [-0.3, -0.25) is 4.90 Å². The van der Waals surface area contributed by atoms with E-state index in [0.717, 1.165) is 31.7 Å². The summed E-state index contributed by atoms with van der Waals surface area (Å²) in [5.74, 6) is 1.06. The monoisotopic (exact) mass is 274 g/mol. The van der Waals surface area contributed by atoms with Gasteiger partial charge in [-0.25, -0.2) is 0 Å². The number of hydrogen-bond acceptors (Lipinski definition) is 3. The molecule has 0 saturated carbocycles. The first-order valence-electron chi connectivity index (χ1n) is 7.94. The molecule has 2 heterocycles. The molecule has 0 aromatic heterocycles. The summed E-state index contributed by atoms with van der Waals surface area (Å²) in [6, 6.07) is 7.80. The van der Waals surface area contributed by atoms with Gasteiger partial charge in [0.1, 0.15) is 5.75 Å². The minimum Gasteiger partial charge on any atom is -0.493 e. The average molecular weight is 274 g/mol. The van der Waals surface area contributed by atoms with E-state index in [4.69, 9.17) is 10.5 Å². The van der Waals surface area contributed by atoms with Gasteiger partial charge in [-0.15, -0.1) is 0 Å². The summed E-state index contributed by atoms with van der Waals surface area (Å²) in [5, 5.41) is 0. The maximum absolute atomic E-state index is 6.51. The third kappa shape index (κ3) is 2.57. The summed E-state index contributed by atoms with van der Waals surface area (Å²) >= 11 is 0. The molecule has 1 fully saturated rings. The van der Waals surface area contributed by atoms with Crippen molar-refractivity contribution >= 4 is 0 Å². The second-order valence-electron chi connectivity index (χ2n) is 6.40. The number of rotatable bonds is 2. The Balaban J connectivity index is 1.94. The predicted octanol–water partition coefficient (Wildman–Crippen LogP) is 2.88. The highest BCUT2D eigenvalue weighted by Gasteiger charge is 2.31. The van der Waals surface area contributed by atoms with E-state index >= 15 is 0 Å². The van der Waals surface area contributed by atoms with Crippen molar-refractivity contribution in [2.75, 3.05) is 13.2 Å². The fraction of sp³-hybridized carbons (Fsp3) is 0.647. The van der Waals surface area contributed by atoms with E-state index < -0.39 is 0 Å². The third-order valence-corrected chi connectivity index (χ3v) is 4.68. The summed E-state index contributed by atoms with van der Waals surface area (Å²) in [7, 11) is 0. The second kappa shape index (κ2) is 5.74. The topological polar surface area (TPSA) is 38.5 Å². The molecule has 3 rings (SSSR count). The van der Waals surface area contributed by atoms with Crippen LogP contribution in [0.5, 0.6) is 5.75 Å². The first-order valence-corrected chi connectivity index (χ1v) is 7.94. The molecule has 2 N–H and O–H groups in total. The second-order valence-corrected chi connectivity index (χ2v) is 6.40. The number of fused-ring (bicyclic) bond motifs is 1. The van der Waals surface area contributed by atoms with Crippen LogP contribution in [-0.2, 0) is 6.42 Å². The van der Waals surface area contributed by atoms with Crippen molar-refractivity contribution in [1.29, 1.82) is 0 Å². The molecule has 20 heavy (non-hydrogen) atoms. The summed E-state index contributed by atoms with van der Waals surface area (Å²) in [5.41, 5.74) is 9.23. The Morgan fingerprint density at radius 2 is 2.15 bits per heavy atom. The molecule has 0 spiro atoms. The van der Waals surface area contributed by atoms with E-state index in [1.54, 1.807) is 0 Å². The zero-order chi connectivity index (χ0) is 14.1. The van der Waals surface area contributed by atoms with Crippen LogP contribution >= 0.6 is 0 Å². The lowest BCUT2D eigenvalue weighted by atomic mass is 9.93. The van der Waals surface area contributed by atoms with Crippen molar-refractivity contribution in [3.05, 3.63) is 29.3 Å². The maximum Gasteiger partial charge on any atom is 0.122 e. The molecule has 0 bridgehead atoms. The Bertz CT molecular complexity index is 472. The van der Waals surface area contributed by atoms with E-state index in [1.807, 2.05) is 0 Å². The fourth-order valence-corrected chi connectivity index (χ4v) is 3.63. The molecule has 2 unspecified atom stereocenters. The van der Waals surface area contributed by atoms with E-state index in [1.165, 1.54) is 24.0 Å². The quantitative estimate of drug-likeness (QED) is 0.901. The lowest BCUT2D eigenvalue weighted by Crippen LogP contribution is -2.43. The zero-order valence-electron chi connectivity index (χ0n) is 12.6. The van der Waals surface area contributed by atoms with Crippen LogP contribution in [0.15, 0.2) is 18.2 Å². The molecule has 2 aliphatic rings. The number of hydrogen-bond donors (Lipinski definition) is 1. The molecule has 1 aromatic carbocycles. The van der Waals surface area contributed by atoms with Crippen molar-refractivity contribution < 1.29 is 4.74 Å². The van der Waals surface area contributed by atoms with Gasteiger partial charge in [-0.1, -0.05) is 18.6 Å². The van der Waals surface area contributed by atoms with Crippen LogP contribution in [0.4, 0.5) is 0 Å². The van der Waals surface area contributed by atoms with E-state index in [0.29, 0.717) is 12.1 Å². The van der Waals surface area contributed by atoms with Crippen LogP contribution in [0.1, 0.15) is 50.3 Å². The molecule has 2 atom stereocenters. The minimum atomic E-state index is 0.236. The molecule has 1 saturated heterocycles. The van der Waals surface area contributed by atoms with Gasteiger partial charge in [0.05, 0.1) is 12.6 Å². The average Bonchev–Trinajstić information content (AvgIpc) is 2.80. The zero-order valence-corrected chi connectivity index (χ0v) is 12.6. The number of nitrogens with zero attached hydrogens (tertiary/aromatic N) is 1. The SMILES string of the molecule is CC(C)N1CCCCC(N)C1c1ccc2c(c1)CCO2. The van der Waals surface area contributed by atoms with Gasteiger partial charge in [-0.2, -0.15) is 0 Å². The van der Waals surface area contributed by atoms with Crippen molar-refractivity contribution in [1.82, 2.24) is 4.90 Å². The Morgan fingerprint density at radius 3 is 2.95 bits per heavy atom. The first-order chi connectivity index (χ1) is 9.66. The smallest absolute Gasteiger partial charge is 0.122 e. The van der Waals surface area contributed by atoms with Gasteiger partial charge >= 0.3 is 0 Å². The number of benzene rings is 1. The number of ether oxygens (including phenoxy) is 1. The Hall–Kier alpha value is -1.06. The van der Waals surface area contributed by atoms with Crippen LogP contribution in [0.3, 0.4) is 0 Å². The molecule has 0 aliphatic carbocycles. The molecule has 3 heteroatoms. The summed E-state index contributed by atoms with van der Waals surface area (Å²) < 4.78 is 5.62. The fourth-order valence-electron chi connectivity index (χ4n) is 3.63. The van der Waals surface area contributed by atoms with Crippen LogP contribution in [-0.4, -0.2) is 30.1 Å². The van der Waals surface area contributed by atoms with Gasteiger partial charge in [0.25, 0.3) is 0 Å². The summed E-state index contributed by atoms with van der Waals surface area (Å²) in [4.78, 5) is 2.58. The third-order valence-electron chi connectivity index (χ3n) is 4.68. The van der Waals surface area contributed by atoms with Crippen LogP contribution in [0.25, 0.3) is 0 Å². The highest BCUT2D eigenvalue weighted by molar-refractivity contribution is 5.41. The van der Waals surface area contributed by atoms with Crippen molar-refractivity contribution in [2.24, 2.45) is 5.73 Å². The van der Waals surface area contributed by atoms with E-state index in [-0.39, 0.29) is 6.04 Å². The Labute approximate surface area is 122 Å². The van der Waals surface area contributed by atoms with Crippen LogP contribution in [0.2, 0.25) is 0 Å². The standard InChI is InChI=1S/C17H26N2O/c1-12(2)19-9-4-3-5-15(18)17(19)14-6-7-16-13(11-14)8-10-20-16/h6-7,11-12,15,17H,3-5,8-10,18H2,1-2H3. The van der Waals surface area contributed by atoms with Crippen molar-refractivity contribution in [3.63, 3.8) is 0 Å². The van der Waals surface area contributed by atoms with Crippen molar-refractivity contribution in [2.45, 2.75) is 57.7 Å². The Morgan fingerprint density at radius 1 is 1.30 bits per heavy atom. The van der Waals surface area contributed by atoms with Gasteiger partial charge < -0.3 is 10.5 Å². The molecule has 3 nitrogen and oxygen atoms in total. The van der Waals surface area contributed by atoms with Crippen LogP contribution in [0, 0.1) is 0 Å². The molecule has 0 radical (unpaired) electrons. The molecule has 1 aromatic rings. The van der Waals surface area contributed by atoms with E-state index in [2.05, 4.69) is 36.9 Å². The number of likely N-dealkylation sites (tertiary alicyclic amines) is 1. The van der Waals surface area contributed by atoms with Gasteiger partial charge in [0.2, 0.25) is 0 Å².